The molecule has 2 aromatic heterocycles. The van der Waals surface area contributed by atoms with Crippen molar-refractivity contribution < 1.29 is 18.7 Å². The molecule has 170 valence electrons. The molecule has 0 spiro atoms. The number of ether oxygens (including phenoxy) is 2. The van der Waals surface area contributed by atoms with Gasteiger partial charge in [0, 0.05) is 35.1 Å². The highest BCUT2D eigenvalue weighted by Crippen LogP contribution is 2.31. The fraction of sp³-hybridized carbons (Fsp3) is 0.240. The number of aryl methyl sites for hydroxylation is 1. The lowest BCUT2D eigenvalue weighted by molar-refractivity contribution is 0.102. The van der Waals surface area contributed by atoms with E-state index in [4.69, 9.17) is 13.9 Å². The Labute approximate surface area is 196 Å². The van der Waals surface area contributed by atoms with Gasteiger partial charge in [-0.1, -0.05) is 42.1 Å². The molecule has 0 bridgehead atoms. The van der Waals surface area contributed by atoms with Gasteiger partial charge in [0.25, 0.3) is 5.22 Å². The second kappa shape index (κ2) is 9.95. The molecule has 8 heteroatoms. The van der Waals surface area contributed by atoms with Crippen LogP contribution in [0.3, 0.4) is 0 Å². The predicted octanol–water partition coefficient (Wildman–Crippen LogP) is 5.20. The Kier molecular flexibility index (Phi) is 6.84. The number of Topliss-reactive ketones (excluding diaryl/α,β-unsaturated/α-hetero) is 1. The fourth-order valence-corrected chi connectivity index (χ4v) is 4.26. The maximum absolute atomic E-state index is 12.9. The zero-order valence-corrected chi connectivity index (χ0v) is 19.8. The van der Waals surface area contributed by atoms with Crippen molar-refractivity contribution in [3.63, 3.8) is 0 Å². The summed E-state index contributed by atoms with van der Waals surface area (Å²) in [5.74, 6) is 1.81. The van der Waals surface area contributed by atoms with Crippen molar-refractivity contribution in [1.82, 2.24) is 14.8 Å². The Morgan fingerprint density at radius 2 is 1.70 bits per heavy atom. The average molecular weight is 464 g/mol. The number of carbonyl (C=O) groups excluding carboxylic acids is 1. The van der Waals surface area contributed by atoms with Gasteiger partial charge in [-0.05, 0) is 37.6 Å². The van der Waals surface area contributed by atoms with Gasteiger partial charge in [0.2, 0.25) is 5.89 Å². The van der Waals surface area contributed by atoms with Crippen molar-refractivity contribution in [3.05, 3.63) is 77.1 Å². The number of carbonyl (C=O) groups is 1. The minimum absolute atomic E-state index is 0.0233. The fourth-order valence-electron chi connectivity index (χ4n) is 3.61. The average Bonchev–Trinajstić information content (AvgIpc) is 3.43. The van der Waals surface area contributed by atoms with E-state index in [1.165, 1.54) is 17.3 Å². The number of nitrogens with zero attached hydrogens (tertiary/aromatic N) is 3. The molecule has 0 unspecified atom stereocenters. The molecule has 2 heterocycles. The quantitative estimate of drug-likeness (QED) is 0.249. The number of methoxy groups -OCH3 is 2. The van der Waals surface area contributed by atoms with Gasteiger partial charge in [-0.15, -0.1) is 10.2 Å². The second-order valence-corrected chi connectivity index (χ2v) is 8.47. The summed E-state index contributed by atoms with van der Waals surface area (Å²) in [6.45, 7) is 4.73. The van der Waals surface area contributed by atoms with Crippen LogP contribution in [0.15, 0.2) is 64.2 Å². The molecule has 0 saturated carbocycles. The van der Waals surface area contributed by atoms with Crippen LogP contribution in [-0.4, -0.2) is 40.5 Å². The highest BCUT2D eigenvalue weighted by atomic mass is 32.2. The van der Waals surface area contributed by atoms with Crippen LogP contribution in [0.4, 0.5) is 0 Å². The van der Waals surface area contributed by atoms with Crippen molar-refractivity contribution in [1.29, 1.82) is 0 Å². The summed E-state index contributed by atoms with van der Waals surface area (Å²) in [6.07, 6.45) is 0. The Hall–Kier alpha value is -3.52. The zero-order chi connectivity index (χ0) is 23.4. The molecule has 0 N–H and O–H groups in total. The van der Waals surface area contributed by atoms with Gasteiger partial charge in [0.05, 0.1) is 20.0 Å². The summed E-state index contributed by atoms with van der Waals surface area (Å²) in [5.41, 5.74) is 4.60. The first-order valence-electron chi connectivity index (χ1n) is 10.4. The van der Waals surface area contributed by atoms with E-state index < -0.39 is 0 Å². The molecule has 0 atom stereocenters. The molecule has 0 radical (unpaired) electrons. The lowest BCUT2D eigenvalue weighted by atomic mass is 10.2. The lowest BCUT2D eigenvalue weighted by Gasteiger charge is -2.09. The molecule has 4 aromatic rings. The van der Waals surface area contributed by atoms with Crippen molar-refractivity contribution in [2.45, 2.75) is 25.6 Å². The van der Waals surface area contributed by atoms with E-state index in [2.05, 4.69) is 26.9 Å². The smallest absolute Gasteiger partial charge is 0.277 e. The minimum Gasteiger partial charge on any atom is -0.497 e. The summed E-state index contributed by atoms with van der Waals surface area (Å²) >= 11 is 1.22. The molecule has 0 aliphatic carbocycles. The molecule has 2 aromatic carbocycles. The molecular formula is C25H25N3O4S. The molecule has 33 heavy (non-hydrogen) atoms. The van der Waals surface area contributed by atoms with E-state index in [9.17, 15) is 4.79 Å². The van der Waals surface area contributed by atoms with Gasteiger partial charge in [-0.25, -0.2) is 0 Å². The topological polar surface area (TPSA) is 79.4 Å². The van der Waals surface area contributed by atoms with Gasteiger partial charge in [0.15, 0.2) is 5.78 Å². The molecule has 0 aliphatic heterocycles. The number of hydrogen-bond acceptors (Lipinski definition) is 7. The summed E-state index contributed by atoms with van der Waals surface area (Å²) in [7, 11) is 3.16. The van der Waals surface area contributed by atoms with Crippen LogP contribution in [-0.2, 0) is 6.54 Å². The van der Waals surface area contributed by atoms with Gasteiger partial charge < -0.3 is 18.5 Å². The first-order chi connectivity index (χ1) is 16.0. The number of benzene rings is 2. The van der Waals surface area contributed by atoms with Gasteiger partial charge in [-0.3, -0.25) is 4.79 Å². The summed E-state index contributed by atoms with van der Waals surface area (Å²) < 4.78 is 18.5. The van der Waals surface area contributed by atoms with Crippen LogP contribution in [0.2, 0.25) is 0 Å². The molecule has 0 amide bonds. The highest BCUT2D eigenvalue weighted by Gasteiger charge is 2.18. The lowest BCUT2D eigenvalue weighted by Crippen LogP contribution is -2.07. The van der Waals surface area contributed by atoms with Crippen LogP contribution in [0.5, 0.6) is 11.5 Å². The van der Waals surface area contributed by atoms with Gasteiger partial charge >= 0.3 is 0 Å². The van der Waals surface area contributed by atoms with E-state index in [-0.39, 0.29) is 11.5 Å². The zero-order valence-electron chi connectivity index (χ0n) is 19.0. The molecule has 7 nitrogen and oxygen atoms in total. The maximum Gasteiger partial charge on any atom is 0.277 e. The number of aromatic nitrogens is 3. The second-order valence-electron chi connectivity index (χ2n) is 7.54. The van der Waals surface area contributed by atoms with Crippen LogP contribution < -0.4 is 9.47 Å². The first-order valence-corrected chi connectivity index (χ1v) is 11.4. The number of ketones is 1. The molecule has 0 aliphatic rings. The van der Waals surface area contributed by atoms with Gasteiger partial charge in [-0.2, -0.15) is 0 Å². The summed E-state index contributed by atoms with van der Waals surface area (Å²) in [5, 5.41) is 8.52. The summed E-state index contributed by atoms with van der Waals surface area (Å²) in [6, 6.07) is 17.5. The Morgan fingerprint density at radius 3 is 2.36 bits per heavy atom. The predicted molar refractivity (Wildman–Crippen MR) is 127 cm³/mol. The third-order valence-corrected chi connectivity index (χ3v) is 6.21. The summed E-state index contributed by atoms with van der Waals surface area (Å²) in [4.78, 5) is 12.9. The number of thioether (sulfide) groups is 1. The molecule has 4 rings (SSSR count). The van der Waals surface area contributed by atoms with Crippen molar-refractivity contribution >= 4 is 17.5 Å². The van der Waals surface area contributed by atoms with Crippen LogP contribution >= 0.6 is 11.8 Å². The highest BCUT2D eigenvalue weighted by molar-refractivity contribution is 7.99. The number of hydrogen-bond donors (Lipinski definition) is 0. The van der Waals surface area contributed by atoms with Gasteiger partial charge in [0.1, 0.15) is 11.5 Å². The van der Waals surface area contributed by atoms with Crippen LogP contribution in [0.1, 0.15) is 27.3 Å². The maximum atomic E-state index is 12.9. The first kappa shape index (κ1) is 22.7. The third-order valence-electron chi connectivity index (χ3n) is 5.39. The Bertz CT molecular complexity index is 1240. The third kappa shape index (κ3) is 5.12. The normalized spacial score (nSPS) is 10.9. The van der Waals surface area contributed by atoms with Crippen molar-refractivity contribution in [2.75, 3.05) is 20.0 Å². The SMILES string of the molecule is COc1cc(OC)cc(-c2nnc(SCC(=O)c3cc(C)n(Cc4ccccc4)c3C)o2)c1. The van der Waals surface area contributed by atoms with Crippen LogP contribution in [0.25, 0.3) is 11.5 Å². The van der Waals surface area contributed by atoms with E-state index >= 15 is 0 Å². The Balaban J connectivity index is 1.45. The van der Waals surface area contributed by atoms with E-state index in [0.717, 1.165) is 17.9 Å². The van der Waals surface area contributed by atoms with Crippen molar-refractivity contribution in [2.24, 2.45) is 0 Å². The van der Waals surface area contributed by atoms with E-state index in [0.29, 0.717) is 33.7 Å². The molecule has 0 fully saturated rings. The Morgan fingerprint density at radius 1 is 1.00 bits per heavy atom. The van der Waals surface area contributed by atoms with E-state index in [1.54, 1.807) is 32.4 Å². The molecular weight excluding hydrogens is 438 g/mol. The number of rotatable bonds is 9. The molecule has 0 saturated heterocycles. The largest absolute Gasteiger partial charge is 0.497 e. The monoisotopic (exact) mass is 463 g/mol. The standard InChI is InChI=1S/C25H25N3O4S/c1-16-10-22(17(2)28(16)14-18-8-6-5-7-9-18)23(29)15-33-25-27-26-24(32-25)19-11-20(30-3)13-21(12-19)31-4/h5-13H,14-15H2,1-4H3. The van der Waals surface area contributed by atoms with E-state index in [1.807, 2.05) is 38.1 Å². The minimum atomic E-state index is 0.0233. The van der Waals surface area contributed by atoms with Crippen molar-refractivity contribution in [3.8, 4) is 23.0 Å². The van der Waals surface area contributed by atoms with Crippen LogP contribution in [0, 0.1) is 13.8 Å².